The predicted molar refractivity (Wildman–Crippen MR) is 81.3 cm³/mol. The van der Waals surface area contributed by atoms with Crippen LogP contribution in [0.1, 0.15) is 25.3 Å². The van der Waals surface area contributed by atoms with Gasteiger partial charge >= 0.3 is 0 Å². The molecule has 0 amide bonds. The Balaban J connectivity index is 2.26. The number of halogens is 3. The van der Waals surface area contributed by atoms with Crippen molar-refractivity contribution in [3.05, 3.63) is 59.7 Å². The first-order valence-electron chi connectivity index (χ1n) is 6.78. The summed E-state index contributed by atoms with van der Waals surface area (Å²) in [6, 6.07) is 10.5. The maximum Gasteiger partial charge on any atom is 0.133 e. The second-order valence-corrected chi connectivity index (χ2v) is 5.65. The second kappa shape index (κ2) is 6.54. The van der Waals surface area contributed by atoms with E-state index in [-0.39, 0.29) is 0 Å². The van der Waals surface area contributed by atoms with Crippen LogP contribution in [0.4, 0.5) is 8.78 Å². The minimum absolute atomic E-state index is 0.336. The van der Waals surface area contributed by atoms with E-state index in [4.69, 9.17) is 11.6 Å². The second-order valence-electron chi connectivity index (χ2n) is 5.27. The van der Waals surface area contributed by atoms with Crippen molar-refractivity contribution in [1.82, 2.24) is 0 Å². The van der Waals surface area contributed by atoms with Crippen molar-refractivity contribution >= 4 is 11.6 Å². The summed E-state index contributed by atoms with van der Waals surface area (Å²) < 4.78 is 26.7. The van der Waals surface area contributed by atoms with Gasteiger partial charge in [-0.3, -0.25) is 0 Å². The fourth-order valence-electron chi connectivity index (χ4n) is 2.29. The Bertz CT molecular complexity index is 609. The molecule has 0 heterocycles. The van der Waals surface area contributed by atoms with Crippen molar-refractivity contribution in [3.63, 3.8) is 0 Å². The number of alkyl halides is 1. The van der Waals surface area contributed by atoms with Gasteiger partial charge in [0, 0.05) is 17.5 Å². The molecule has 0 saturated carbocycles. The van der Waals surface area contributed by atoms with E-state index in [2.05, 4.69) is 0 Å². The lowest BCUT2D eigenvalue weighted by Gasteiger charge is -2.23. The molecule has 0 aliphatic heterocycles. The minimum atomic E-state index is -0.964. The molecule has 1 unspecified atom stereocenters. The van der Waals surface area contributed by atoms with Crippen LogP contribution in [0.5, 0.6) is 0 Å². The van der Waals surface area contributed by atoms with Crippen LogP contribution in [-0.2, 0) is 5.60 Å². The van der Waals surface area contributed by atoms with Crippen molar-refractivity contribution in [2.24, 2.45) is 0 Å². The predicted octanol–water partition coefficient (Wildman–Crippen LogP) is 4.86. The van der Waals surface area contributed by atoms with E-state index in [0.29, 0.717) is 29.8 Å². The van der Waals surface area contributed by atoms with Crippen LogP contribution in [-0.4, -0.2) is 11.0 Å². The number of hydrogen-bond donors (Lipinski definition) is 1. The molecule has 1 atom stereocenters. The molecule has 2 rings (SSSR count). The van der Waals surface area contributed by atoms with Crippen LogP contribution in [0, 0.1) is 11.6 Å². The number of benzene rings is 2. The summed E-state index contributed by atoms with van der Waals surface area (Å²) in [5.74, 6) is -0.705. The molecule has 0 bridgehead atoms. The quantitative estimate of drug-likeness (QED) is 0.782. The fraction of sp³-hybridized carbons (Fsp3) is 0.294. The fourth-order valence-corrected chi connectivity index (χ4v) is 2.42. The van der Waals surface area contributed by atoms with Crippen molar-refractivity contribution < 1.29 is 13.9 Å². The van der Waals surface area contributed by atoms with E-state index < -0.39 is 17.2 Å². The van der Waals surface area contributed by atoms with Gasteiger partial charge in [-0.05, 0) is 43.0 Å². The molecule has 21 heavy (non-hydrogen) atoms. The zero-order valence-corrected chi connectivity index (χ0v) is 12.5. The Hall–Kier alpha value is -1.45. The van der Waals surface area contributed by atoms with Crippen LogP contribution in [0.15, 0.2) is 42.5 Å². The normalized spacial score (nSPS) is 14.0. The highest BCUT2D eigenvalue weighted by atomic mass is 35.5. The average molecular weight is 311 g/mol. The van der Waals surface area contributed by atoms with Gasteiger partial charge in [0.1, 0.15) is 11.6 Å². The van der Waals surface area contributed by atoms with Gasteiger partial charge in [-0.2, -0.15) is 0 Å². The highest BCUT2D eigenvalue weighted by molar-refractivity contribution is 6.17. The molecule has 2 aromatic rings. The Morgan fingerprint density at radius 3 is 2.33 bits per heavy atom. The maximum atomic E-state index is 13.7. The highest BCUT2D eigenvalue weighted by Gasteiger charge is 2.22. The topological polar surface area (TPSA) is 20.2 Å². The van der Waals surface area contributed by atoms with Gasteiger partial charge in [-0.25, -0.2) is 8.78 Å². The lowest BCUT2D eigenvalue weighted by molar-refractivity contribution is 0.0472. The van der Waals surface area contributed by atoms with E-state index in [1.807, 2.05) is 0 Å². The Labute approximate surface area is 128 Å². The standard InChI is InChI=1S/C17H17ClF2O/c1-17(21,9-2-10-18)13-5-3-12(4-6-13)15-8-7-14(19)11-16(15)20/h3-8,11,21H,2,9-10H2,1H3. The Morgan fingerprint density at radius 1 is 1.10 bits per heavy atom. The number of aliphatic hydroxyl groups is 1. The monoisotopic (exact) mass is 310 g/mol. The van der Waals surface area contributed by atoms with Crippen molar-refractivity contribution in [2.45, 2.75) is 25.4 Å². The van der Waals surface area contributed by atoms with Gasteiger partial charge in [0.15, 0.2) is 0 Å². The maximum absolute atomic E-state index is 13.7. The molecule has 1 N–H and O–H groups in total. The Morgan fingerprint density at radius 2 is 1.76 bits per heavy atom. The molecule has 0 spiro atoms. The lowest BCUT2D eigenvalue weighted by atomic mass is 9.90. The van der Waals surface area contributed by atoms with Gasteiger partial charge in [0.2, 0.25) is 0 Å². The molecule has 0 aromatic heterocycles. The number of rotatable bonds is 5. The van der Waals surface area contributed by atoms with Gasteiger partial charge in [0.25, 0.3) is 0 Å². The third kappa shape index (κ3) is 3.80. The summed E-state index contributed by atoms with van der Waals surface area (Å²) in [5, 5.41) is 10.4. The number of hydrogen-bond acceptors (Lipinski definition) is 1. The molecule has 112 valence electrons. The van der Waals surface area contributed by atoms with E-state index in [1.54, 1.807) is 31.2 Å². The molecule has 2 aromatic carbocycles. The van der Waals surface area contributed by atoms with Crippen molar-refractivity contribution in [2.75, 3.05) is 5.88 Å². The third-order valence-electron chi connectivity index (χ3n) is 3.55. The van der Waals surface area contributed by atoms with Crippen molar-refractivity contribution in [3.8, 4) is 11.1 Å². The van der Waals surface area contributed by atoms with Crippen molar-refractivity contribution in [1.29, 1.82) is 0 Å². The molecule has 1 nitrogen and oxygen atoms in total. The SMILES string of the molecule is CC(O)(CCCCl)c1ccc(-c2ccc(F)cc2F)cc1. The third-order valence-corrected chi connectivity index (χ3v) is 3.81. The first kappa shape index (κ1) is 15.9. The van der Waals surface area contributed by atoms with E-state index in [0.717, 1.165) is 11.6 Å². The smallest absolute Gasteiger partial charge is 0.133 e. The van der Waals surface area contributed by atoms with Crippen LogP contribution < -0.4 is 0 Å². The van der Waals surface area contributed by atoms with Gasteiger partial charge in [-0.1, -0.05) is 24.3 Å². The summed E-state index contributed by atoms with van der Waals surface area (Å²) in [6.45, 7) is 1.73. The molecule has 0 aliphatic carbocycles. The molecular weight excluding hydrogens is 294 g/mol. The summed E-state index contributed by atoms with van der Waals surface area (Å²) in [7, 11) is 0. The van der Waals surface area contributed by atoms with E-state index in [9.17, 15) is 13.9 Å². The highest BCUT2D eigenvalue weighted by Crippen LogP contribution is 2.29. The van der Waals surface area contributed by atoms with Crippen LogP contribution in [0.2, 0.25) is 0 Å². The Kier molecular flexibility index (Phi) is 4.96. The summed E-state index contributed by atoms with van der Waals surface area (Å²) in [6.07, 6.45) is 1.27. The van der Waals surface area contributed by atoms with Crippen LogP contribution in [0.3, 0.4) is 0 Å². The zero-order valence-electron chi connectivity index (χ0n) is 11.7. The molecule has 0 aliphatic rings. The summed E-state index contributed by atoms with van der Waals surface area (Å²) in [4.78, 5) is 0. The molecule has 0 radical (unpaired) electrons. The van der Waals surface area contributed by atoms with Crippen LogP contribution in [0.25, 0.3) is 11.1 Å². The van der Waals surface area contributed by atoms with Crippen LogP contribution >= 0.6 is 11.6 Å². The van der Waals surface area contributed by atoms with Gasteiger partial charge in [0.05, 0.1) is 5.60 Å². The lowest BCUT2D eigenvalue weighted by Crippen LogP contribution is -2.21. The zero-order chi connectivity index (χ0) is 15.5. The largest absolute Gasteiger partial charge is 0.385 e. The molecular formula is C17H17ClF2O. The molecule has 4 heteroatoms. The van der Waals surface area contributed by atoms with E-state index >= 15 is 0 Å². The summed E-state index contributed by atoms with van der Waals surface area (Å²) in [5.41, 5.74) is 0.765. The first-order valence-corrected chi connectivity index (χ1v) is 7.32. The average Bonchev–Trinajstić information content (AvgIpc) is 2.45. The van der Waals surface area contributed by atoms with Gasteiger partial charge < -0.3 is 5.11 Å². The minimum Gasteiger partial charge on any atom is -0.385 e. The van der Waals surface area contributed by atoms with Gasteiger partial charge in [-0.15, -0.1) is 11.6 Å². The summed E-state index contributed by atoms with van der Waals surface area (Å²) >= 11 is 5.65. The van der Waals surface area contributed by atoms with E-state index in [1.165, 1.54) is 12.1 Å². The first-order chi connectivity index (χ1) is 9.94. The molecule has 0 saturated heterocycles. The molecule has 0 fully saturated rings.